The summed E-state index contributed by atoms with van der Waals surface area (Å²) >= 11 is 0. The van der Waals surface area contributed by atoms with E-state index in [4.69, 9.17) is 4.74 Å². The van der Waals surface area contributed by atoms with Crippen LogP contribution in [0.5, 0.6) is 0 Å². The summed E-state index contributed by atoms with van der Waals surface area (Å²) in [6, 6.07) is 0.619. The summed E-state index contributed by atoms with van der Waals surface area (Å²) in [6.07, 6.45) is 7.29. The molecule has 4 atom stereocenters. The van der Waals surface area contributed by atoms with Crippen LogP contribution in [0.1, 0.15) is 38.5 Å². The van der Waals surface area contributed by atoms with Gasteiger partial charge < -0.3 is 14.5 Å². The highest BCUT2D eigenvalue weighted by atomic mass is 16.6. The highest BCUT2D eigenvalue weighted by molar-refractivity contribution is 5.66. The quantitative estimate of drug-likeness (QED) is 0.782. The first-order chi connectivity index (χ1) is 8.91. The number of nitrogens with zero attached hydrogens (tertiary/aromatic N) is 1. The van der Waals surface area contributed by atoms with Gasteiger partial charge in [-0.1, -0.05) is 12.8 Å². The number of carbonyl (C=O) groups excluding carboxylic acids is 1. The maximum absolute atomic E-state index is 11.5. The largest absolute Gasteiger partial charge is 0.446 e. The molecule has 0 radical (unpaired) electrons. The predicted molar refractivity (Wildman–Crippen MR) is 75.8 cm³/mol. The fourth-order valence-electron chi connectivity index (χ4n) is 4.11. The van der Waals surface area contributed by atoms with Crippen LogP contribution in [0.15, 0.2) is 0 Å². The second kappa shape index (κ2) is 5.70. The van der Waals surface area contributed by atoms with Crippen LogP contribution in [0, 0.1) is 11.8 Å². The fourth-order valence-corrected chi connectivity index (χ4v) is 4.11. The molecule has 2 rings (SSSR count). The Morgan fingerprint density at radius 3 is 2.47 bits per heavy atom. The number of quaternary nitrogens is 1. The van der Waals surface area contributed by atoms with Crippen LogP contribution in [-0.4, -0.2) is 50.9 Å². The Kier molecular flexibility index (Phi) is 4.39. The van der Waals surface area contributed by atoms with E-state index in [1.807, 2.05) is 0 Å². The molecule has 4 heteroatoms. The SMILES string of the molecule is CNC(=O)O[C@@H]1C[C@@H]2CCCC[C@@H]2[C@H]([N+](C)(C)C)C1. The van der Waals surface area contributed by atoms with Gasteiger partial charge in [0.2, 0.25) is 0 Å². The molecular formula is C15H29N2O2+. The van der Waals surface area contributed by atoms with Gasteiger partial charge in [-0.2, -0.15) is 0 Å². The van der Waals surface area contributed by atoms with Crippen molar-refractivity contribution in [2.45, 2.75) is 50.7 Å². The van der Waals surface area contributed by atoms with Crippen LogP contribution in [0.25, 0.3) is 0 Å². The second-order valence-electron chi connectivity index (χ2n) is 7.14. The number of fused-ring (bicyclic) bond motifs is 1. The summed E-state index contributed by atoms with van der Waals surface area (Å²) < 4.78 is 6.54. The van der Waals surface area contributed by atoms with Crippen molar-refractivity contribution in [3.05, 3.63) is 0 Å². The Hall–Kier alpha value is -0.770. The number of ether oxygens (including phenoxy) is 1. The van der Waals surface area contributed by atoms with Gasteiger partial charge in [-0.15, -0.1) is 0 Å². The lowest BCUT2D eigenvalue weighted by Gasteiger charge is -2.49. The normalized spacial score (nSPS) is 35.4. The lowest BCUT2D eigenvalue weighted by Crippen LogP contribution is -2.56. The molecule has 2 saturated carbocycles. The molecule has 0 aromatic carbocycles. The lowest BCUT2D eigenvalue weighted by atomic mass is 9.66. The van der Waals surface area contributed by atoms with Gasteiger partial charge in [0.25, 0.3) is 0 Å². The number of alkyl carbamates (subject to hydrolysis) is 1. The van der Waals surface area contributed by atoms with Gasteiger partial charge in [-0.25, -0.2) is 4.79 Å². The zero-order valence-electron chi connectivity index (χ0n) is 12.8. The van der Waals surface area contributed by atoms with Crippen molar-refractivity contribution in [3.8, 4) is 0 Å². The van der Waals surface area contributed by atoms with Crippen LogP contribution in [-0.2, 0) is 4.74 Å². The van der Waals surface area contributed by atoms with Crippen LogP contribution >= 0.6 is 0 Å². The molecule has 0 saturated heterocycles. The van der Waals surface area contributed by atoms with Crippen molar-refractivity contribution >= 4 is 6.09 Å². The minimum Gasteiger partial charge on any atom is -0.446 e. The van der Waals surface area contributed by atoms with Crippen LogP contribution < -0.4 is 5.32 Å². The molecule has 2 fully saturated rings. The molecule has 0 heterocycles. The number of hydrogen-bond acceptors (Lipinski definition) is 2. The maximum Gasteiger partial charge on any atom is 0.407 e. The molecular weight excluding hydrogens is 240 g/mol. The summed E-state index contributed by atoms with van der Waals surface area (Å²) in [5.41, 5.74) is 0. The predicted octanol–water partition coefficient (Wildman–Crippen LogP) is 2.39. The monoisotopic (exact) mass is 269 g/mol. The number of hydrogen-bond donors (Lipinski definition) is 1. The van der Waals surface area contributed by atoms with Crippen molar-refractivity contribution in [3.63, 3.8) is 0 Å². The molecule has 1 amide bonds. The van der Waals surface area contributed by atoms with E-state index in [0.717, 1.165) is 29.2 Å². The molecule has 110 valence electrons. The van der Waals surface area contributed by atoms with Gasteiger partial charge >= 0.3 is 6.09 Å². The van der Waals surface area contributed by atoms with Gasteiger partial charge in [0, 0.05) is 19.4 Å². The van der Waals surface area contributed by atoms with Crippen molar-refractivity contribution in [1.29, 1.82) is 0 Å². The summed E-state index contributed by atoms with van der Waals surface area (Å²) in [5, 5.41) is 2.57. The van der Waals surface area contributed by atoms with E-state index in [2.05, 4.69) is 26.5 Å². The first-order valence-corrected chi connectivity index (χ1v) is 7.61. The second-order valence-corrected chi connectivity index (χ2v) is 7.14. The van der Waals surface area contributed by atoms with Gasteiger partial charge in [0.05, 0.1) is 27.2 Å². The Labute approximate surface area is 117 Å². The third-order valence-corrected chi connectivity index (χ3v) is 5.00. The first-order valence-electron chi connectivity index (χ1n) is 7.61. The Morgan fingerprint density at radius 2 is 1.84 bits per heavy atom. The fraction of sp³-hybridized carbons (Fsp3) is 0.933. The van der Waals surface area contributed by atoms with Crippen LogP contribution in [0.2, 0.25) is 0 Å². The van der Waals surface area contributed by atoms with Crippen molar-refractivity contribution < 1.29 is 14.0 Å². The maximum atomic E-state index is 11.5. The highest BCUT2D eigenvalue weighted by Crippen LogP contribution is 2.44. The third-order valence-electron chi connectivity index (χ3n) is 5.00. The van der Waals surface area contributed by atoms with Crippen molar-refractivity contribution in [1.82, 2.24) is 5.32 Å². The van der Waals surface area contributed by atoms with Gasteiger partial charge in [0.1, 0.15) is 6.10 Å². The number of nitrogens with one attached hydrogen (secondary N) is 1. The van der Waals surface area contributed by atoms with Crippen molar-refractivity contribution in [2.24, 2.45) is 11.8 Å². The Bertz CT molecular complexity index is 325. The molecule has 2 aliphatic rings. The minimum atomic E-state index is -0.278. The third kappa shape index (κ3) is 3.41. The van der Waals surface area contributed by atoms with E-state index in [1.54, 1.807) is 7.05 Å². The molecule has 0 unspecified atom stereocenters. The lowest BCUT2D eigenvalue weighted by molar-refractivity contribution is -0.902. The minimum absolute atomic E-state index is 0.0987. The molecule has 0 spiro atoms. The molecule has 0 bridgehead atoms. The Morgan fingerprint density at radius 1 is 1.16 bits per heavy atom. The van der Waals surface area contributed by atoms with E-state index in [1.165, 1.54) is 25.7 Å². The van der Waals surface area contributed by atoms with Gasteiger partial charge in [0.15, 0.2) is 0 Å². The summed E-state index contributed by atoms with van der Waals surface area (Å²) in [4.78, 5) is 11.5. The first kappa shape index (κ1) is 14.6. The summed E-state index contributed by atoms with van der Waals surface area (Å²) in [6.45, 7) is 0. The van der Waals surface area contributed by atoms with E-state index in [-0.39, 0.29) is 12.2 Å². The molecule has 1 N–H and O–H groups in total. The number of rotatable bonds is 2. The molecule has 0 aromatic heterocycles. The average Bonchev–Trinajstić information content (AvgIpc) is 2.36. The van der Waals surface area contributed by atoms with E-state index < -0.39 is 0 Å². The summed E-state index contributed by atoms with van der Waals surface area (Å²) in [5.74, 6) is 1.57. The van der Waals surface area contributed by atoms with E-state index in [9.17, 15) is 4.79 Å². The highest BCUT2D eigenvalue weighted by Gasteiger charge is 2.45. The molecule has 19 heavy (non-hydrogen) atoms. The number of carbonyl (C=O) groups is 1. The van der Waals surface area contributed by atoms with Crippen LogP contribution in [0.3, 0.4) is 0 Å². The zero-order chi connectivity index (χ0) is 14.0. The number of amides is 1. The van der Waals surface area contributed by atoms with Gasteiger partial charge in [-0.3, -0.25) is 0 Å². The van der Waals surface area contributed by atoms with E-state index in [0.29, 0.717) is 6.04 Å². The zero-order valence-corrected chi connectivity index (χ0v) is 12.8. The standard InChI is InChI=1S/C15H28N2O2/c1-16-15(18)19-12-9-11-7-5-6-8-13(11)14(10-12)17(2,3)4/h11-14H,5-10H2,1-4H3/p+1/t11-,12+,13-,14+/m0/s1. The van der Waals surface area contributed by atoms with E-state index >= 15 is 0 Å². The average molecular weight is 269 g/mol. The Balaban J connectivity index is 2.09. The molecule has 2 aliphatic carbocycles. The topological polar surface area (TPSA) is 38.3 Å². The van der Waals surface area contributed by atoms with Crippen molar-refractivity contribution in [2.75, 3.05) is 28.2 Å². The van der Waals surface area contributed by atoms with Gasteiger partial charge in [-0.05, 0) is 25.2 Å². The van der Waals surface area contributed by atoms with Crippen LogP contribution in [0.4, 0.5) is 4.79 Å². The smallest absolute Gasteiger partial charge is 0.407 e. The molecule has 4 nitrogen and oxygen atoms in total. The summed E-state index contributed by atoms with van der Waals surface area (Å²) in [7, 11) is 8.46. The molecule has 0 aliphatic heterocycles. The molecule has 0 aromatic rings.